The van der Waals surface area contributed by atoms with Gasteiger partial charge in [0.25, 0.3) is 0 Å². The van der Waals surface area contributed by atoms with Crippen LogP contribution in [0.2, 0.25) is 0 Å². The molecule has 7 amide bonds. The topological polar surface area (TPSA) is 342 Å². The van der Waals surface area contributed by atoms with Crippen LogP contribution < -0.4 is 43.4 Å². The molecule has 20 heteroatoms. The van der Waals surface area contributed by atoms with Gasteiger partial charge in [0.1, 0.15) is 24.2 Å². The van der Waals surface area contributed by atoms with Crippen LogP contribution in [-0.4, -0.2) is 130 Å². The first kappa shape index (κ1) is 36.6. The van der Waals surface area contributed by atoms with Crippen LogP contribution in [-0.2, 0) is 38.4 Å². The van der Waals surface area contributed by atoms with Gasteiger partial charge in [-0.2, -0.15) is 0 Å². The number of amides is 7. The zero-order valence-electron chi connectivity index (χ0n) is 22.2. The predicted octanol–water partition coefficient (Wildman–Crippen LogP) is -8.17. The van der Waals surface area contributed by atoms with Crippen LogP contribution in [0.3, 0.4) is 0 Å². The molecule has 0 aromatic carbocycles. The summed E-state index contributed by atoms with van der Waals surface area (Å²) in [5, 5.41) is 50.5. The Hall–Kier alpha value is -4.40. The molecule has 0 aliphatic carbocycles. The van der Waals surface area contributed by atoms with Crippen molar-refractivity contribution in [2.24, 2.45) is 11.5 Å². The third-order valence-electron chi connectivity index (χ3n) is 5.05. The first-order valence-electron chi connectivity index (χ1n) is 12.0. The molecule has 0 unspecified atom stereocenters. The number of carbonyl (C=O) groups is 8. The maximum Gasteiger partial charge on any atom is 0.326 e. The van der Waals surface area contributed by atoms with Gasteiger partial charge < -0.3 is 63.8 Å². The van der Waals surface area contributed by atoms with Crippen molar-refractivity contribution in [3.05, 3.63) is 0 Å². The number of aliphatic hydroxyl groups is 3. The van der Waals surface area contributed by atoms with Crippen molar-refractivity contribution >= 4 is 47.3 Å². The Morgan fingerprint density at radius 2 is 1.12 bits per heavy atom. The summed E-state index contributed by atoms with van der Waals surface area (Å²) >= 11 is 0. The minimum atomic E-state index is -1.71. The lowest BCUT2D eigenvalue weighted by Gasteiger charge is -2.24. The molecule has 0 aromatic rings. The molecule has 0 spiro atoms. The van der Waals surface area contributed by atoms with Crippen LogP contribution in [0.4, 0.5) is 0 Å². The van der Waals surface area contributed by atoms with E-state index in [4.69, 9.17) is 16.6 Å². The highest BCUT2D eigenvalue weighted by Gasteiger charge is 2.31. The standard InChI is InChI=1S/C21H36N8O12/c1-8(31)16(28-13(34)4-22)19(38)24-6-15(36)27-11(7-30)18(37)29-17(9(2)32)20(39)25-5-14(35)26-10(21(40)41)3-12(23)33/h8-11,16-17,30-32H,3-7,22H2,1-2H3,(H2,23,33)(H,24,38)(H,25,39)(H,26,35)(H,27,36)(H,28,34)(H,29,37)(H,40,41)/t8-,9-,10+,11+,16+,17+/m1/s1. The van der Waals surface area contributed by atoms with E-state index < -0.39 is 116 Å². The van der Waals surface area contributed by atoms with E-state index in [2.05, 4.69) is 21.3 Å². The van der Waals surface area contributed by atoms with Gasteiger partial charge in [0.05, 0.1) is 44.9 Å². The van der Waals surface area contributed by atoms with Gasteiger partial charge in [-0.05, 0) is 13.8 Å². The summed E-state index contributed by atoms with van der Waals surface area (Å²) in [6.45, 7) is -0.730. The summed E-state index contributed by atoms with van der Waals surface area (Å²) in [4.78, 5) is 94.7. The van der Waals surface area contributed by atoms with Gasteiger partial charge in [-0.3, -0.25) is 33.6 Å². The number of hydrogen-bond acceptors (Lipinski definition) is 12. The highest BCUT2D eigenvalue weighted by molar-refractivity contribution is 5.96. The molecule has 0 saturated carbocycles. The van der Waals surface area contributed by atoms with E-state index in [-0.39, 0.29) is 0 Å². The zero-order chi connectivity index (χ0) is 31.9. The highest BCUT2D eigenvalue weighted by atomic mass is 16.4. The van der Waals surface area contributed by atoms with Crippen LogP contribution in [0, 0.1) is 0 Å². The summed E-state index contributed by atoms with van der Waals surface area (Å²) in [5.74, 6) is -8.57. The minimum absolute atomic E-state index is 0.467. The maximum atomic E-state index is 12.5. The average molecular weight is 593 g/mol. The number of rotatable bonds is 18. The minimum Gasteiger partial charge on any atom is -0.480 e. The average Bonchev–Trinajstić information content (AvgIpc) is 2.89. The molecule has 0 aliphatic heterocycles. The van der Waals surface area contributed by atoms with Crippen molar-refractivity contribution in [2.75, 3.05) is 26.2 Å². The Morgan fingerprint density at radius 1 is 0.683 bits per heavy atom. The first-order valence-corrected chi connectivity index (χ1v) is 12.0. The van der Waals surface area contributed by atoms with Gasteiger partial charge in [-0.1, -0.05) is 0 Å². The Balaban J connectivity index is 5.07. The van der Waals surface area contributed by atoms with Gasteiger partial charge in [0, 0.05) is 0 Å². The third kappa shape index (κ3) is 14.0. The van der Waals surface area contributed by atoms with Gasteiger partial charge >= 0.3 is 5.97 Å². The first-order chi connectivity index (χ1) is 19.0. The van der Waals surface area contributed by atoms with Crippen molar-refractivity contribution in [3.63, 3.8) is 0 Å². The fraction of sp³-hybridized carbons (Fsp3) is 0.619. The molecule has 20 nitrogen and oxygen atoms in total. The molecule has 41 heavy (non-hydrogen) atoms. The molecule has 0 bridgehead atoms. The monoisotopic (exact) mass is 592 g/mol. The molecule has 0 fully saturated rings. The quantitative estimate of drug-likeness (QED) is 0.0704. The van der Waals surface area contributed by atoms with Crippen LogP contribution >= 0.6 is 0 Å². The van der Waals surface area contributed by atoms with Gasteiger partial charge in [0.15, 0.2) is 0 Å². The van der Waals surface area contributed by atoms with Crippen LogP contribution in [0.25, 0.3) is 0 Å². The Labute approximate surface area is 232 Å². The molecular weight excluding hydrogens is 556 g/mol. The number of nitrogens with one attached hydrogen (secondary N) is 6. The van der Waals surface area contributed by atoms with Crippen molar-refractivity contribution in [2.45, 2.75) is 56.6 Å². The molecule has 0 radical (unpaired) electrons. The van der Waals surface area contributed by atoms with Crippen molar-refractivity contribution < 1.29 is 58.8 Å². The zero-order valence-corrected chi connectivity index (χ0v) is 22.2. The van der Waals surface area contributed by atoms with Crippen LogP contribution in [0.5, 0.6) is 0 Å². The van der Waals surface area contributed by atoms with E-state index in [9.17, 15) is 53.7 Å². The van der Waals surface area contributed by atoms with Gasteiger partial charge in [0.2, 0.25) is 41.4 Å². The number of aliphatic carboxylic acids is 1. The van der Waals surface area contributed by atoms with E-state index in [1.165, 1.54) is 6.92 Å². The van der Waals surface area contributed by atoms with E-state index in [0.717, 1.165) is 6.92 Å². The molecule has 0 aromatic heterocycles. The Morgan fingerprint density at radius 3 is 1.49 bits per heavy atom. The maximum absolute atomic E-state index is 12.5. The molecule has 14 N–H and O–H groups in total. The number of carboxylic acid groups (broad SMARTS) is 1. The molecule has 0 heterocycles. The Bertz CT molecular complexity index is 989. The SMILES string of the molecule is C[C@@H](O)[C@H](NC(=O)CN)C(=O)NCC(=O)N[C@@H](CO)C(=O)N[C@H](C(=O)NCC(=O)N[C@@H](CC(N)=O)C(=O)O)[C@@H](C)O. The number of aliphatic hydroxyl groups excluding tert-OH is 3. The van der Waals surface area contributed by atoms with E-state index in [1.807, 2.05) is 10.6 Å². The summed E-state index contributed by atoms with van der Waals surface area (Å²) in [7, 11) is 0. The van der Waals surface area contributed by atoms with E-state index >= 15 is 0 Å². The fourth-order valence-corrected chi connectivity index (χ4v) is 2.94. The molecule has 6 atom stereocenters. The van der Waals surface area contributed by atoms with Crippen molar-refractivity contribution in [1.29, 1.82) is 0 Å². The summed E-state index contributed by atoms with van der Waals surface area (Å²) in [6.07, 6.45) is -3.63. The van der Waals surface area contributed by atoms with Crippen LogP contribution in [0.15, 0.2) is 0 Å². The number of carboxylic acids is 1. The fourth-order valence-electron chi connectivity index (χ4n) is 2.94. The second kappa shape index (κ2) is 18.0. The van der Waals surface area contributed by atoms with E-state index in [1.54, 1.807) is 0 Å². The smallest absolute Gasteiger partial charge is 0.326 e. The molecule has 0 aliphatic rings. The highest BCUT2D eigenvalue weighted by Crippen LogP contribution is 1.97. The normalized spacial score (nSPS) is 15.0. The summed E-state index contributed by atoms with van der Waals surface area (Å²) in [6, 6.07) is -6.49. The van der Waals surface area contributed by atoms with E-state index in [0.29, 0.717) is 0 Å². The number of nitrogens with two attached hydrogens (primary N) is 2. The van der Waals surface area contributed by atoms with Crippen molar-refractivity contribution in [3.8, 4) is 0 Å². The number of carbonyl (C=O) groups excluding carboxylic acids is 7. The molecule has 0 rings (SSSR count). The predicted molar refractivity (Wildman–Crippen MR) is 135 cm³/mol. The lowest BCUT2D eigenvalue weighted by atomic mass is 10.1. The summed E-state index contributed by atoms with van der Waals surface area (Å²) < 4.78 is 0. The lowest BCUT2D eigenvalue weighted by molar-refractivity contribution is -0.143. The summed E-state index contributed by atoms with van der Waals surface area (Å²) in [5.41, 5.74) is 10.0. The largest absolute Gasteiger partial charge is 0.480 e. The number of primary amides is 1. The van der Waals surface area contributed by atoms with Gasteiger partial charge in [-0.25, -0.2) is 4.79 Å². The second-order valence-electron chi connectivity index (χ2n) is 8.58. The van der Waals surface area contributed by atoms with Crippen molar-refractivity contribution in [1.82, 2.24) is 31.9 Å². The molecular formula is C21H36N8O12. The van der Waals surface area contributed by atoms with Crippen LogP contribution in [0.1, 0.15) is 20.3 Å². The molecule has 0 saturated heterocycles. The second-order valence-corrected chi connectivity index (χ2v) is 8.58. The number of hydrogen-bond donors (Lipinski definition) is 12. The third-order valence-corrected chi connectivity index (χ3v) is 5.05. The lowest BCUT2D eigenvalue weighted by Crippen LogP contribution is -2.59. The molecule has 232 valence electrons. The Kier molecular flexibility index (Phi) is 16.1. The van der Waals surface area contributed by atoms with Gasteiger partial charge in [-0.15, -0.1) is 0 Å².